The highest BCUT2D eigenvalue weighted by Crippen LogP contribution is 2.19. The molecule has 0 aliphatic carbocycles. The van der Waals surface area contributed by atoms with E-state index in [9.17, 15) is 4.79 Å². The SMILES string of the molecule is NC(=O)CCSc1nncn1-c1ccccc1. The molecule has 1 aromatic carbocycles. The quantitative estimate of drug-likeness (QED) is 0.808. The number of primary amides is 1. The number of benzene rings is 1. The predicted octanol–water partition coefficient (Wildman–Crippen LogP) is 1.23. The third-order valence-corrected chi connectivity index (χ3v) is 3.08. The molecule has 0 spiro atoms. The number of thioether (sulfide) groups is 1. The van der Waals surface area contributed by atoms with E-state index in [2.05, 4.69) is 10.2 Å². The van der Waals surface area contributed by atoms with Crippen molar-refractivity contribution in [2.75, 3.05) is 5.75 Å². The predicted molar refractivity (Wildman–Crippen MR) is 65.9 cm³/mol. The summed E-state index contributed by atoms with van der Waals surface area (Å²) in [7, 11) is 0. The van der Waals surface area contributed by atoms with Crippen LogP contribution in [-0.4, -0.2) is 26.4 Å². The average molecular weight is 248 g/mol. The molecule has 17 heavy (non-hydrogen) atoms. The molecule has 0 atom stereocenters. The van der Waals surface area contributed by atoms with Gasteiger partial charge in [-0.05, 0) is 12.1 Å². The van der Waals surface area contributed by atoms with E-state index in [1.807, 2.05) is 34.9 Å². The number of rotatable bonds is 5. The standard InChI is InChI=1S/C11H12N4OS/c12-10(16)6-7-17-11-14-13-8-15(11)9-4-2-1-3-5-9/h1-5,8H,6-7H2,(H2,12,16). The van der Waals surface area contributed by atoms with Gasteiger partial charge in [-0.15, -0.1) is 10.2 Å². The van der Waals surface area contributed by atoms with Crippen molar-refractivity contribution in [3.05, 3.63) is 36.7 Å². The van der Waals surface area contributed by atoms with E-state index in [1.165, 1.54) is 11.8 Å². The van der Waals surface area contributed by atoms with Crippen LogP contribution in [0.2, 0.25) is 0 Å². The molecule has 1 amide bonds. The van der Waals surface area contributed by atoms with Gasteiger partial charge in [-0.25, -0.2) is 0 Å². The molecule has 2 rings (SSSR count). The fourth-order valence-corrected chi connectivity index (χ4v) is 2.21. The minimum atomic E-state index is -0.303. The highest BCUT2D eigenvalue weighted by Gasteiger charge is 2.06. The maximum atomic E-state index is 10.6. The number of hydrogen-bond donors (Lipinski definition) is 1. The Labute approximate surface area is 103 Å². The summed E-state index contributed by atoms with van der Waals surface area (Å²) < 4.78 is 1.88. The Morgan fingerprint density at radius 1 is 1.35 bits per heavy atom. The Kier molecular flexibility index (Phi) is 3.77. The van der Waals surface area contributed by atoms with Gasteiger partial charge in [0.25, 0.3) is 0 Å². The molecule has 0 bridgehead atoms. The van der Waals surface area contributed by atoms with Gasteiger partial charge in [0.2, 0.25) is 5.91 Å². The van der Waals surface area contributed by atoms with Crippen LogP contribution < -0.4 is 5.73 Å². The summed E-state index contributed by atoms with van der Waals surface area (Å²) in [5, 5.41) is 8.65. The van der Waals surface area contributed by atoms with Crippen molar-refractivity contribution in [2.24, 2.45) is 5.73 Å². The van der Waals surface area contributed by atoms with Gasteiger partial charge in [-0.3, -0.25) is 9.36 Å². The number of carbonyl (C=O) groups is 1. The minimum Gasteiger partial charge on any atom is -0.370 e. The summed E-state index contributed by atoms with van der Waals surface area (Å²) in [5.41, 5.74) is 6.09. The topological polar surface area (TPSA) is 73.8 Å². The number of carbonyl (C=O) groups excluding carboxylic acids is 1. The second-order valence-corrected chi connectivity index (χ2v) is 4.45. The van der Waals surface area contributed by atoms with Crippen LogP contribution >= 0.6 is 11.8 Å². The Morgan fingerprint density at radius 3 is 2.82 bits per heavy atom. The minimum absolute atomic E-state index is 0.303. The van der Waals surface area contributed by atoms with E-state index in [-0.39, 0.29) is 5.91 Å². The van der Waals surface area contributed by atoms with Crippen molar-refractivity contribution in [3.8, 4) is 5.69 Å². The summed E-state index contributed by atoms with van der Waals surface area (Å²) in [4.78, 5) is 10.6. The number of nitrogens with two attached hydrogens (primary N) is 1. The van der Waals surface area contributed by atoms with Crippen molar-refractivity contribution < 1.29 is 4.79 Å². The number of para-hydroxylation sites is 1. The molecule has 1 heterocycles. The average Bonchev–Trinajstić information content (AvgIpc) is 2.78. The van der Waals surface area contributed by atoms with Gasteiger partial charge in [-0.2, -0.15) is 0 Å². The molecule has 0 fully saturated rings. The smallest absolute Gasteiger partial charge is 0.218 e. The first kappa shape index (κ1) is 11.7. The Bertz CT molecular complexity index is 497. The molecule has 2 aromatic rings. The van der Waals surface area contributed by atoms with E-state index in [4.69, 9.17) is 5.73 Å². The van der Waals surface area contributed by atoms with Crippen LogP contribution in [0.5, 0.6) is 0 Å². The van der Waals surface area contributed by atoms with Crippen LogP contribution in [0.15, 0.2) is 41.8 Å². The zero-order chi connectivity index (χ0) is 12.1. The van der Waals surface area contributed by atoms with E-state index < -0.39 is 0 Å². The molecular formula is C11H12N4OS. The normalized spacial score (nSPS) is 10.4. The molecule has 0 saturated heterocycles. The Hall–Kier alpha value is -1.82. The number of amides is 1. The molecular weight excluding hydrogens is 236 g/mol. The van der Waals surface area contributed by atoms with E-state index in [0.717, 1.165) is 10.8 Å². The third-order valence-electron chi connectivity index (χ3n) is 2.13. The molecule has 0 radical (unpaired) electrons. The molecule has 0 aliphatic heterocycles. The summed E-state index contributed by atoms with van der Waals surface area (Å²) in [5.74, 6) is 0.309. The number of aromatic nitrogens is 3. The number of hydrogen-bond acceptors (Lipinski definition) is 4. The fourth-order valence-electron chi connectivity index (χ4n) is 1.33. The summed E-state index contributed by atoms with van der Waals surface area (Å²) in [6, 6.07) is 9.80. The molecule has 0 unspecified atom stereocenters. The van der Waals surface area contributed by atoms with Gasteiger partial charge in [0.05, 0.1) is 0 Å². The summed E-state index contributed by atoms with van der Waals surface area (Å²) in [6.07, 6.45) is 1.99. The molecule has 6 heteroatoms. The van der Waals surface area contributed by atoms with Crippen molar-refractivity contribution in [1.82, 2.24) is 14.8 Å². The zero-order valence-corrected chi connectivity index (χ0v) is 9.93. The lowest BCUT2D eigenvalue weighted by atomic mass is 10.3. The lowest BCUT2D eigenvalue weighted by Crippen LogP contribution is -2.11. The second kappa shape index (κ2) is 5.49. The van der Waals surface area contributed by atoms with Crippen LogP contribution in [0.4, 0.5) is 0 Å². The van der Waals surface area contributed by atoms with Crippen LogP contribution in [0.1, 0.15) is 6.42 Å². The lowest BCUT2D eigenvalue weighted by molar-refractivity contribution is -0.117. The Balaban J connectivity index is 2.10. The van der Waals surface area contributed by atoms with E-state index >= 15 is 0 Å². The lowest BCUT2D eigenvalue weighted by Gasteiger charge is -2.04. The highest BCUT2D eigenvalue weighted by molar-refractivity contribution is 7.99. The largest absolute Gasteiger partial charge is 0.370 e. The summed E-state index contributed by atoms with van der Waals surface area (Å²) >= 11 is 1.47. The Morgan fingerprint density at radius 2 is 2.12 bits per heavy atom. The van der Waals surface area contributed by atoms with Crippen molar-refractivity contribution in [3.63, 3.8) is 0 Å². The van der Waals surface area contributed by atoms with Crippen molar-refractivity contribution in [2.45, 2.75) is 11.6 Å². The fraction of sp³-hybridized carbons (Fsp3) is 0.182. The van der Waals surface area contributed by atoms with E-state index in [1.54, 1.807) is 6.33 Å². The zero-order valence-electron chi connectivity index (χ0n) is 9.11. The van der Waals surface area contributed by atoms with Crippen LogP contribution in [0.3, 0.4) is 0 Å². The number of nitrogens with zero attached hydrogens (tertiary/aromatic N) is 3. The van der Waals surface area contributed by atoms with Gasteiger partial charge in [-0.1, -0.05) is 30.0 Å². The van der Waals surface area contributed by atoms with Crippen molar-refractivity contribution in [1.29, 1.82) is 0 Å². The van der Waals surface area contributed by atoms with Crippen LogP contribution in [0.25, 0.3) is 5.69 Å². The van der Waals surface area contributed by atoms with Gasteiger partial charge >= 0.3 is 0 Å². The first-order valence-electron chi connectivity index (χ1n) is 5.14. The monoisotopic (exact) mass is 248 g/mol. The summed E-state index contributed by atoms with van der Waals surface area (Å²) in [6.45, 7) is 0. The van der Waals surface area contributed by atoms with E-state index in [0.29, 0.717) is 12.2 Å². The molecule has 1 aromatic heterocycles. The molecule has 88 valence electrons. The van der Waals surface area contributed by atoms with Gasteiger partial charge in [0.15, 0.2) is 5.16 Å². The van der Waals surface area contributed by atoms with Crippen molar-refractivity contribution >= 4 is 17.7 Å². The molecule has 0 aliphatic rings. The molecule has 0 saturated carbocycles. The second-order valence-electron chi connectivity index (χ2n) is 3.38. The van der Waals surface area contributed by atoms with Gasteiger partial charge < -0.3 is 5.73 Å². The maximum Gasteiger partial charge on any atom is 0.218 e. The maximum absolute atomic E-state index is 10.6. The van der Waals surface area contributed by atoms with Crippen LogP contribution in [-0.2, 0) is 4.79 Å². The van der Waals surface area contributed by atoms with Gasteiger partial charge in [0, 0.05) is 17.9 Å². The molecule has 2 N–H and O–H groups in total. The molecule has 5 nitrogen and oxygen atoms in total. The van der Waals surface area contributed by atoms with Gasteiger partial charge in [0.1, 0.15) is 6.33 Å². The first-order valence-corrected chi connectivity index (χ1v) is 6.12. The van der Waals surface area contributed by atoms with Crippen LogP contribution in [0, 0.1) is 0 Å². The highest BCUT2D eigenvalue weighted by atomic mass is 32.2. The third kappa shape index (κ3) is 3.07. The first-order chi connectivity index (χ1) is 8.27.